The van der Waals surface area contributed by atoms with E-state index in [9.17, 15) is 4.79 Å². The molecule has 7 heteroatoms. The van der Waals surface area contributed by atoms with Crippen LogP contribution in [0.5, 0.6) is 0 Å². The Labute approximate surface area is 154 Å². The fraction of sp³-hybridized carbons (Fsp3) is 0.579. The first kappa shape index (κ1) is 17.3. The van der Waals surface area contributed by atoms with Gasteiger partial charge >= 0.3 is 0 Å². The van der Waals surface area contributed by atoms with Crippen molar-refractivity contribution in [2.75, 3.05) is 19.7 Å². The molecular formula is C19H27N5O2. The standard InChI is InChI=1S/C19H27N5O2/c1-15-9-18(21(2)20-15)14-22-11-16(10-19(25)24-7-4-8-26-24)12-23-6-3-5-17(23)13-22/h3,5-6,9,16H,4,7-8,10-14H2,1-2H3/t16-/m0/s1. The van der Waals surface area contributed by atoms with Gasteiger partial charge in [-0.15, -0.1) is 0 Å². The van der Waals surface area contributed by atoms with Gasteiger partial charge in [0.05, 0.1) is 24.5 Å². The highest BCUT2D eigenvalue weighted by atomic mass is 16.7. The molecule has 4 heterocycles. The molecule has 0 unspecified atom stereocenters. The van der Waals surface area contributed by atoms with Crippen molar-refractivity contribution >= 4 is 5.91 Å². The van der Waals surface area contributed by atoms with Crippen LogP contribution in [0.4, 0.5) is 0 Å². The van der Waals surface area contributed by atoms with Crippen molar-refractivity contribution in [3.8, 4) is 0 Å². The Balaban J connectivity index is 1.49. The van der Waals surface area contributed by atoms with Crippen molar-refractivity contribution in [1.29, 1.82) is 0 Å². The van der Waals surface area contributed by atoms with E-state index < -0.39 is 0 Å². The number of nitrogens with zero attached hydrogens (tertiary/aromatic N) is 5. The molecule has 1 saturated heterocycles. The molecule has 7 nitrogen and oxygen atoms in total. The maximum absolute atomic E-state index is 12.6. The number of hydrogen-bond acceptors (Lipinski definition) is 4. The summed E-state index contributed by atoms with van der Waals surface area (Å²) in [6, 6.07) is 6.41. The highest BCUT2D eigenvalue weighted by Crippen LogP contribution is 2.22. The molecule has 0 saturated carbocycles. The highest BCUT2D eigenvalue weighted by Gasteiger charge is 2.27. The third kappa shape index (κ3) is 3.68. The van der Waals surface area contributed by atoms with E-state index in [1.54, 1.807) is 5.06 Å². The summed E-state index contributed by atoms with van der Waals surface area (Å²) in [6.45, 7) is 6.90. The Hall–Kier alpha value is -2.12. The van der Waals surface area contributed by atoms with Crippen LogP contribution in [-0.2, 0) is 36.3 Å². The Morgan fingerprint density at radius 1 is 1.38 bits per heavy atom. The van der Waals surface area contributed by atoms with E-state index >= 15 is 0 Å². The van der Waals surface area contributed by atoms with E-state index in [0.717, 1.165) is 44.8 Å². The van der Waals surface area contributed by atoms with Gasteiger partial charge in [-0.3, -0.25) is 19.2 Å². The summed E-state index contributed by atoms with van der Waals surface area (Å²) >= 11 is 0. The molecule has 0 bridgehead atoms. The van der Waals surface area contributed by atoms with Crippen molar-refractivity contribution in [3.63, 3.8) is 0 Å². The lowest BCUT2D eigenvalue weighted by Crippen LogP contribution is -2.33. The molecule has 0 aromatic carbocycles. The molecule has 1 fully saturated rings. The number of carbonyl (C=O) groups is 1. The number of aromatic nitrogens is 3. The van der Waals surface area contributed by atoms with E-state index in [2.05, 4.69) is 39.0 Å². The van der Waals surface area contributed by atoms with Crippen LogP contribution >= 0.6 is 0 Å². The summed E-state index contributed by atoms with van der Waals surface area (Å²) in [5.41, 5.74) is 3.55. The number of hydrogen-bond donors (Lipinski definition) is 0. The Kier molecular flexibility index (Phi) is 4.82. The number of hydroxylamine groups is 2. The maximum atomic E-state index is 12.6. The average molecular weight is 357 g/mol. The van der Waals surface area contributed by atoms with Crippen LogP contribution in [0.3, 0.4) is 0 Å². The molecule has 140 valence electrons. The molecule has 0 spiro atoms. The second-order valence-corrected chi connectivity index (χ2v) is 7.47. The summed E-state index contributed by atoms with van der Waals surface area (Å²) in [5.74, 6) is 0.383. The number of amides is 1. The van der Waals surface area contributed by atoms with Crippen molar-refractivity contribution in [3.05, 3.63) is 41.5 Å². The van der Waals surface area contributed by atoms with Crippen LogP contribution in [0.25, 0.3) is 0 Å². The predicted octanol–water partition coefficient (Wildman–Crippen LogP) is 1.72. The van der Waals surface area contributed by atoms with Gasteiger partial charge in [0.25, 0.3) is 0 Å². The minimum absolute atomic E-state index is 0.111. The number of carbonyl (C=O) groups excluding carboxylic acids is 1. The topological polar surface area (TPSA) is 55.5 Å². The van der Waals surface area contributed by atoms with E-state index in [-0.39, 0.29) is 11.8 Å². The first-order valence-electron chi connectivity index (χ1n) is 9.37. The SMILES string of the molecule is Cc1cc(CN2Cc3cccn3C[C@@H](CC(=O)N3CCCO3)C2)n(C)n1. The number of rotatable bonds is 4. The number of aryl methyl sites for hydroxylation is 2. The van der Waals surface area contributed by atoms with Crippen LogP contribution in [0.1, 0.15) is 29.9 Å². The molecule has 26 heavy (non-hydrogen) atoms. The van der Waals surface area contributed by atoms with Crippen LogP contribution in [0, 0.1) is 12.8 Å². The van der Waals surface area contributed by atoms with Gasteiger partial charge in [0, 0.05) is 51.5 Å². The van der Waals surface area contributed by atoms with Gasteiger partial charge in [0.15, 0.2) is 0 Å². The van der Waals surface area contributed by atoms with Gasteiger partial charge in [-0.1, -0.05) is 0 Å². The quantitative estimate of drug-likeness (QED) is 0.836. The third-order valence-corrected chi connectivity index (χ3v) is 5.26. The lowest BCUT2D eigenvalue weighted by Gasteiger charge is -2.24. The number of fused-ring (bicyclic) bond motifs is 1. The van der Waals surface area contributed by atoms with Crippen LogP contribution in [0.15, 0.2) is 24.4 Å². The molecule has 2 aromatic rings. The third-order valence-electron chi connectivity index (χ3n) is 5.26. The summed E-state index contributed by atoms with van der Waals surface area (Å²) in [5, 5.41) is 6.01. The van der Waals surface area contributed by atoms with E-state index in [1.165, 1.54) is 11.4 Å². The van der Waals surface area contributed by atoms with Crippen LogP contribution in [-0.4, -0.2) is 49.9 Å². The maximum Gasteiger partial charge on any atom is 0.246 e. The molecule has 1 amide bonds. The zero-order valence-electron chi connectivity index (χ0n) is 15.6. The summed E-state index contributed by atoms with van der Waals surface area (Å²) < 4.78 is 4.24. The monoisotopic (exact) mass is 357 g/mol. The first-order chi connectivity index (χ1) is 12.6. The lowest BCUT2D eigenvalue weighted by molar-refractivity contribution is -0.170. The zero-order valence-corrected chi connectivity index (χ0v) is 15.6. The molecule has 1 atom stereocenters. The lowest BCUT2D eigenvalue weighted by atomic mass is 10.0. The fourth-order valence-corrected chi connectivity index (χ4v) is 4.05. The molecule has 2 aliphatic heterocycles. The Morgan fingerprint density at radius 2 is 2.27 bits per heavy atom. The largest absolute Gasteiger partial charge is 0.350 e. The zero-order chi connectivity index (χ0) is 18.1. The van der Waals surface area contributed by atoms with Gasteiger partial charge in [-0.25, -0.2) is 5.06 Å². The van der Waals surface area contributed by atoms with Gasteiger partial charge in [-0.2, -0.15) is 5.10 Å². The molecule has 2 aliphatic rings. The van der Waals surface area contributed by atoms with Gasteiger partial charge < -0.3 is 4.57 Å². The smallest absolute Gasteiger partial charge is 0.246 e. The second-order valence-electron chi connectivity index (χ2n) is 7.47. The highest BCUT2D eigenvalue weighted by molar-refractivity contribution is 5.75. The molecule has 0 N–H and O–H groups in total. The van der Waals surface area contributed by atoms with E-state index in [1.807, 2.05) is 18.7 Å². The van der Waals surface area contributed by atoms with E-state index in [4.69, 9.17) is 4.84 Å². The van der Waals surface area contributed by atoms with E-state index in [0.29, 0.717) is 13.0 Å². The van der Waals surface area contributed by atoms with Crippen molar-refractivity contribution in [2.24, 2.45) is 13.0 Å². The minimum Gasteiger partial charge on any atom is -0.350 e. The molecular weight excluding hydrogens is 330 g/mol. The summed E-state index contributed by atoms with van der Waals surface area (Å²) in [6.07, 6.45) is 3.58. The van der Waals surface area contributed by atoms with Crippen molar-refractivity contribution in [1.82, 2.24) is 24.3 Å². The van der Waals surface area contributed by atoms with Crippen LogP contribution in [0.2, 0.25) is 0 Å². The molecule has 2 aromatic heterocycles. The summed E-state index contributed by atoms with van der Waals surface area (Å²) in [4.78, 5) is 20.4. The molecule has 0 radical (unpaired) electrons. The van der Waals surface area contributed by atoms with Crippen molar-refractivity contribution < 1.29 is 9.63 Å². The minimum atomic E-state index is 0.111. The Morgan fingerprint density at radius 3 is 3.00 bits per heavy atom. The van der Waals surface area contributed by atoms with Gasteiger partial charge in [0.2, 0.25) is 5.91 Å². The van der Waals surface area contributed by atoms with Crippen molar-refractivity contribution in [2.45, 2.75) is 39.4 Å². The average Bonchev–Trinajstić information content (AvgIpc) is 3.30. The molecule has 4 rings (SSSR count). The van der Waals surface area contributed by atoms with Gasteiger partial charge in [-0.05, 0) is 37.5 Å². The first-order valence-corrected chi connectivity index (χ1v) is 9.37. The van der Waals surface area contributed by atoms with Crippen LogP contribution < -0.4 is 0 Å². The Bertz CT molecular complexity index is 775. The fourth-order valence-electron chi connectivity index (χ4n) is 4.05. The normalized spacial score (nSPS) is 21.0. The second kappa shape index (κ2) is 7.25. The predicted molar refractivity (Wildman–Crippen MR) is 96.9 cm³/mol. The molecule has 0 aliphatic carbocycles. The van der Waals surface area contributed by atoms with Gasteiger partial charge in [0.1, 0.15) is 0 Å². The summed E-state index contributed by atoms with van der Waals surface area (Å²) in [7, 11) is 1.99.